The standard InChI is InChI=1S/C15H20N2O2/c1-11-4-5-15(14(10-11)12(2)18)19-9-8-17-7-6-16-13(17)3/h4-7,10,12,18H,8-9H2,1-3H3. The molecule has 2 rings (SSSR count). The van der Waals surface area contributed by atoms with Crippen molar-refractivity contribution >= 4 is 0 Å². The molecule has 0 saturated heterocycles. The summed E-state index contributed by atoms with van der Waals surface area (Å²) < 4.78 is 7.81. The molecular weight excluding hydrogens is 240 g/mol. The molecule has 1 aromatic carbocycles. The van der Waals surface area contributed by atoms with Crippen LogP contribution in [0.5, 0.6) is 5.75 Å². The molecule has 0 bridgehead atoms. The summed E-state index contributed by atoms with van der Waals surface area (Å²) in [5, 5.41) is 9.76. The van der Waals surface area contributed by atoms with Gasteiger partial charge in [-0.1, -0.05) is 11.6 Å². The Bertz CT molecular complexity index is 547. The predicted molar refractivity (Wildman–Crippen MR) is 74.3 cm³/mol. The number of nitrogens with zero attached hydrogens (tertiary/aromatic N) is 2. The second-order valence-corrected chi connectivity index (χ2v) is 4.73. The highest BCUT2D eigenvalue weighted by molar-refractivity contribution is 5.38. The third-order valence-corrected chi connectivity index (χ3v) is 3.13. The van der Waals surface area contributed by atoms with Crippen LogP contribution in [-0.2, 0) is 6.54 Å². The Labute approximate surface area is 113 Å². The normalized spacial score (nSPS) is 12.4. The first-order valence-corrected chi connectivity index (χ1v) is 6.47. The molecule has 0 aliphatic rings. The van der Waals surface area contributed by atoms with E-state index < -0.39 is 6.10 Å². The van der Waals surface area contributed by atoms with Crippen molar-refractivity contribution in [1.29, 1.82) is 0 Å². The summed E-state index contributed by atoms with van der Waals surface area (Å²) >= 11 is 0. The number of aliphatic hydroxyl groups excluding tert-OH is 1. The van der Waals surface area contributed by atoms with Crippen LogP contribution in [0.1, 0.15) is 30.0 Å². The van der Waals surface area contributed by atoms with Crippen molar-refractivity contribution in [3.63, 3.8) is 0 Å². The van der Waals surface area contributed by atoms with Gasteiger partial charge < -0.3 is 14.4 Å². The van der Waals surface area contributed by atoms with Crippen molar-refractivity contribution in [1.82, 2.24) is 9.55 Å². The predicted octanol–water partition coefficient (Wildman–Crippen LogP) is 2.63. The lowest BCUT2D eigenvalue weighted by Crippen LogP contribution is -2.10. The van der Waals surface area contributed by atoms with Crippen LogP contribution in [-0.4, -0.2) is 21.3 Å². The van der Waals surface area contributed by atoms with E-state index in [1.54, 1.807) is 13.1 Å². The highest BCUT2D eigenvalue weighted by Crippen LogP contribution is 2.26. The fourth-order valence-electron chi connectivity index (χ4n) is 2.02. The van der Waals surface area contributed by atoms with Gasteiger partial charge in [0.05, 0.1) is 12.6 Å². The smallest absolute Gasteiger partial charge is 0.125 e. The van der Waals surface area contributed by atoms with Gasteiger partial charge in [0.1, 0.15) is 18.2 Å². The molecule has 19 heavy (non-hydrogen) atoms. The number of aliphatic hydroxyl groups is 1. The lowest BCUT2D eigenvalue weighted by Gasteiger charge is -2.14. The van der Waals surface area contributed by atoms with Crippen molar-refractivity contribution < 1.29 is 9.84 Å². The molecule has 0 aliphatic carbocycles. The highest BCUT2D eigenvalue weighted by Gasteiger charge is 2.09. The summed E-state index contributed by atoms with van der Waals surface area (Å²) in [4.78, 5) is 4.17. The topological polar surface area (TPSA) is 47.3 Å². The fraction of sp³-hybridized carbons (Fsp3) is 0.400. The Morgan fingerprint density at radius 3 is 2.79 bits per heavy atom. The minimum atomic E-state index is -0.523. The molecular formula is C15H20N2O2. The maximum Gasteiger partial charge on any atom is 0.125 e. The average molecular weight is 260 g/mol. The summed E-state index contributed by atoms with van der Waals surface area (Å²) in [6.45, 7) is 7.03. The number of rotatable bonds is 5. The first-order chi connectivity index (χ1) is 9.08. The molecule has 0 spiro atoms. The quantitative estimate of drug-likeness (QED) is 0.899. The first-order valence-electron chi connectivity index (χ1n) is 6.47. The summed E-state index contributed by atoms with van der Waals surface area (Å²) in [7, 11) is 0. The van der Waals surface area contributed by atoms with Crippen LogP contribution >= 0.6 is 0 Å². The summed E-state index contributed by atoms with van der Waals surface area (Å²) in [6, 6.07) is 5.87. The van der Waals surface area contributed by atoms with E-state index in [2.05, 4.69) is 4.98 Å². The first kappa shape index (κ1) is 13.6. The minimum absolute atomic E-state index is 0.523. The molecule has 4 nitrogen and oxygen atoms in total. The second kappa shape index (κ2) is 5.89. The molecule has 1 atom stereocenters. The van der Waals surface area contributed by atoms with Gasteiger partial charge in [0, 0.05) is 18.0 Å². The number of imidazole rings is 1. The molecule has 0 radical (unpaired) electrons. The summed E-state index contributed by atoms with van der Waals surface area (Å²) in [5.74, 6) is 1.72. The van der Waals surface area contributed by atoms with E-state index in [1.165, 1.54) is 0 Å². The minimum Gasteiger partial charge on any atom is -0.491 e. The highest BCUT2D eigenvalue weighted by atomic mass is 16.5. The number of aryl methyl sites for hydroxylation is 2. The van der Waals surface area contributed by atoms with Crippen molar-refractivity contribution in [3.05, 3.63) is 47.5 Å². The third kappa shape index (κ3) is 3.35. The van der Waals surface area contributed by atoms with E-state index in [9.17, 15) is 5.11 Å². The summed E-state index contributed by atoms with van der Waals surface area (Å²) in [6.07, 6.45) is 3.19. The van der Waals surface area contributed by atoms with Crippen LogP contribution in [0, 0.1) is 13.8 Å². The van der Waals surface area contributed by atoms with Crippen LogP contribution < -0.4 is 4.74 Å². The average Bonchev–Trinajstić information content (AvgIpc) is 2.77. The van der Waals surface area contributed by atoms with Gasteiger partial charge in [-0.15, -0.1) is 0 Å². The van der Waals surface area contributed by atoms with E-state index in [-0.39, 0.29) is 0 Å². The largest absolute Gasteiger partial charge is 0.491 e. The fourth-order valence-corrected chi connectivity index (χ4v) is 2.02. The van der Waals surface area contributed by atoms with Gasteiger partial charge in [0.15, 0.2) is 0 Å². The van der Waals surface area contributed by atoms with E-state index in [0.29, 0.717) is 6.61 Å². The molecule has 4 heteroatoms. The number of aromatic nitrogens is 2. The Kier molecular flexibility index (Phi) is 4.22. The van der Waals surface area contributed by atoms with Crippen molar-refractivity contribution in [2.75, 3.05) is 6.61 Å². The molecule has 1 unspecified atom stereocenters. The second-order valence-electron chi connectivity index (χ2n) is 4.73. The monoisotopic (exact) mass is 260 g/mol. The summed E-state index contributed by atoms with van der Waals surface area (Å²) in [5.41, 5.74) is 1.95. The molecule has 102 valence electrons. The van der Waals surface area contributed by atoms with Crippen LogP contribution in [0.4, 0.5) is 0 Å². The number of hydrogen-bond donors (Lipinski definition) is 1. The lowest BCUT2D eigenvalue weighted by molar-refractivity contribution is 0.190. The zero-order valence-electron chi connectivity index (χ0n) is 11.6. The maximum absolute atomic E-state index is 9.76. The van der Waals surface area contributed by atoms with Gasteiger partial charge in [-0.2, -0.15) is 0 Å². The van der Waals surface area contributed by atoms with E-state index in [4.69, 9.17) is 4.74 Å². The molecule has 1 N–H and O–H groups in total. The Balaban J connectivity index is 2.01. The molecule has 0 saturated carbocycles. The Morgan fingerprint density at radius 1 is 1.37 bits per heavy atom. The van der Waals surface area contributed by atoms with Crippen LogP contribution in [0.25, 0.3) is 0 Å². The van der Waals surface area contributed by atoms with E-state index in [0.717, 1.165) is 29.2 Å². The SMILES string of the molecule is Cc1ccc(OCCn2ccnc2C)c(C(C)O)c1. The van der Waals surface area contributed by atoms with Gasteiger partial charge in [0.2, 0.25) is 0 Å². The Morgan fingerprint density at radius 2 is 2.16 bits per heavy atom. The zero-order chi connectivity index (χ0) is 13.8. The molecule has 2 aromatic rings. The molecule has 0 aliphatic heterocycles. The van der Waals surface area contributed by atoms with Crippen LogP contribution in [0.15, 0.2) is 30.6 Å². The van der Waals surface area contributed by atoms with Crippen molar-refractivity contribution in [3.8, 4) is 5.75 Å². The molecule has 0 amide bonds. The van der Waals surface area contributed by atoms with Crippen LogP contribution in [0.3, 0.4) is 0 Å². The van der Waals surface area contributed by atoms with Gasteiger partial charge in [-0.05, 0) is 32.9 Å². The van der Waals surface area contributed by atoms with Gasteiger partial charge in [-0.3, -0.25) is 0 Å². The molecule has 1 aromatic heterocycles. The van der Waals surface area contributed by atoms with Crippen molar-refractivity contribution in [2.45, 2.75) is 33.4 Å². The van der Waals surface area contributed by atoms with E-state index >= 15 is 0 Å². The number of hydrogen-bond acceptors (Lipinski definition) is 3. The molecule has 0 fully saturated rings. The van der Waals surface area contributed by atoms with Gasteiger partial charge >= 0.3 is 0 Å². The van der Waals surface area contributed by atoms with Gasteiger partial charge in [-0.25, -0.2) is 4.98 Å². The third-order valence-electron chi connectivity index (χ3n) is 3.13. The Hall–Kier alpha value is -1.81. The zero-order valence-corrected chi connectivity index (χ0v) is 11.6. The lowest BCUT2D eigenvalue weighted by atomic mass is 10.1. The van der Waals surface area contributed by atoms with Crippen molar-refractivity contribution in [2.24, 2.45) is 0 Å². The maximum atomic E-state index is 9.76. The number of benzene rings is 1. The molecule has 1 heterocycles. The van der Waals surface area contributed by atoms with E-state index in [1.807, 2.05) is 42.8 Å². The van der Waals surface area contributed by atoms with Crippen LogP contribution in [0.2, 0.25) is 0 Å². The number of ether oxygens (including phenoxy) is 1. The van der Waals surface area contributed by atoms with Gasteiger partial charge in [0.25, 0.3) is 0 Å².